The molecule has 1 aromatic rings. The monoisotopic (exact) mass is 264 g/mol. The number of ether oxygens (including phenoxy) is 1. The first-order chi connectivity index (χ1) is 9.08. The van der Waals surface area contributed by atoms with E-state index in [1.165, 1.54) is 0 Å². The van der Waals surface area contributed by atoms with Crippen LogP contribution in [0.4, 0.5) is 11.5 Å². The first kappa shape index (κ1) is 13.6. The van der Waals surface area contributed by atoms with Gasteiger partial charge in [-0.2, -0.15) is 0 Å². The lowest BCUT2D eigenvalue weighted by Crippen LogP contribution is -2.55. The molecule has 3 N–H and O–H groups in total. The molecule has 0 aromatic carbocycles. The number of nitrogens with zero attached hydrogens (tertiary/aromatic N) is 2. The minimum Gasteiger partial charge on any atom is -0.399 e. The molecular weight excluding hydrogens is 244 g/mol. The van der Waals surface area contributed by atoms with E-state index in [-0.39, 0.29) is 18.0 Å². The van der Waals surface area contributed by atoms with Crippen molar-refractivity contribution in [1.82, 2.24) is 10.3 Å². The SMILES string of the molecule is CC(C)NC(=O)C1COCCN1c1cc(N)ccn1. The number of hydrogen-bond donors (Lipinski definition) is 2. The molecule has 104 valence electrons. The first-order valence-electron chi connectivity index (χ1n) is 6.44. The Labute approximate surface area is 112 Å². The minimum atomic E-state index is -0.356. The molecule has 0 radical (unpaired) electrons. The summed E-state index contributed by atoms with van der Waals surface area (Å²) in [5.41, 5.74) is 6.41. The highest BCUT2D eigenvalue weighted by Gasteiger charge is 2.30. The van der Waals surface area contributed by atoms with Crippen LogP contribution in [0.3, 0.4) is 0 Å². The minimum absolute atomic E-state index is 0.0427. The van der Waals surface area contributed by atoms with Crippen molar-refractivity contribution in [3.05, 3.63) is 18.3 Å². The number of rotatable bonds is 3. The van der Waals surface area contributed by atoms with Crippen LogP contribution < -0.4 is 16.0 Å². The summed E-state index contributed by atoms with van der Waals surface area (Å²) in [5, 5.41) is 2.91. The smallest absolute Gasteiger partial charge is 0.245 e. The van der Waals surface area contributed by atoms with E-state index in [0.717, 1.165) is 0 Å². The number of nitrogens with two attached hydrogens (primary N) is 1. The van der Waals surface area contributed by atoms with Gasteiger partial charge in [0.1, 0.15) is 11.9 Å². The fourth-order valence-corrected chi connectivity index (χ4v) is 2.07. The number of pyridine rings is 1. The molecule has 1 atom stereocenters. The lowest BCUT2D eigenvalue weighted by atomic mass is 10.2. The van der Waals surface area contributed by atoms with Crippen LogP contribution in [0, 0.1) is 0 Å². The number of anilines is 2. The Bertz CT molecular complexity index is 450. The molecule has 0 bridgehead atoms. The zero-order chi connectivity index (χ0) is 13.8. The van der Waals surface area contributed by atoms with Crippen LogP contribution in [0.15, 0.2) is 18.3 Å². The van der Waals surface area contributed by atoms with Crippen molar-refractivity contribution in [2.45, 2.75) is 25.9 Å². The molecule has 1 aliphatic rings. The molecule has 0 saturated carbocycles. The van der Waals surface area contributed by atoms with Crippen LogP contribution >= 0.6 is 0 Å². The average Bonchev–Trinajstić information content (AvgIpc) is 2.38. The Kier molecular flexibility index (Phi) is 4.21. The number of nitrogens with one attached hydrogen (secondary N) is 1. The third-order valence-electron chi connectivity index (χ3n) is 2.93. The molecule has 1 aliphatic heterocycles. The number of amides is 1. The summed E-state index contributed by atoms with van der Waals surface area (Å²) in [4.78, 5) is 18.4. The van der Waals surface area contributed by atoms with E-state index in [1.807, 2.05) is 18.7 Å². The molecule has 6 nitrogen and oxygen atoms in total. The topological polar surface area (TPSA) is 80.5 Å². The second-order valence-electron chi connectivity index (χ2n) is 4.89. The summed E-state index contributed by atoms with van der Waals surface area (Å²) in [6.45, 7) is 5.46. The van der Waals surface area contributed by atoms with Gasteiger partial charge in [0.05, 0.1) is 13.2 Å². The Morgan fingerprint density at radius 1 is 1.63 bits per heavy atom. The molecule has 2 heterocycles. The van der Waals surface area contributed by atoms with Gasteiger partial charge in [0.25, 0.3) is 0 Å². The van der Waals surface area contributed by atoms with Crippen LogP contribution in [0.25, 0.3) is 0 Å². The Morgan fingerprint density at radius 2 is 2.42 bits per heavy atom. The van der Waals surface area contributed by atoms with E-state index >= 15 is 0 Å². The lowest BCUT2D eigenvalue weighted by Gasteiger charge is -2.35. The van der Waals surface area contributed by atoms with Gasteiger partial charge in [-0.1, -0.05) is 0 Å². The molecule has 1 amide bonds. The number of morpholine rings is 1. The summed E-state index contributed by atoms with van der Waals surface area (Å²) in [5.74, 6) is 0.672. The molecule has 6 heteroatoms. The predicted molar refractivity (Wildman–Crippen MR) is 73.9 cm³/mol. The van der Waals surface area contributed by atoms with Crippen molar-refractivity contribution < 1.29 is 9.53 Å². The maximum Gasteiger partial charge on any atom is 0.245 e. The Balaban J connectivity index is 2.18. The van der Waals surface area contributed by atoms with Gasteiger partial charge in [-0.3, -0.25) is 4.79 Å². The number of hydrogen-bond acceptors (Lipinski definition) is 5. The van der Waals surface area contributed by atoms with Gasteiger partial charge in [-0.15, -0.1) is 0 Å². The fourth-order valence-electron chi connectivity index (χ4n) is 2.07. The van der Waals surface area contributed by atoms with E-state index in [1.54, 1.807) is 18.3 Å². The number of carbonyl (C=O) groups excluding carboxylic acids is 1. The molecule has 1 aromatic heterocycles. The van der Waals surface area contributed by atoms with Gasteiger partial charge in [0, 0.05) is 30.5 Å². The summed E-state index contributed by atoms with van der Waals surface area (Å²) in [6, 6.07) is 3.25. The van der Waals surface area contributed by atoms with E-state index in [4.69, 9.17) is 10.5 Å². The maximum absolute atomic E-state index is 12.2. The highest BCUT2D eigenvalue weighted by atomic mass is 16.5. The van der Waals surface area contributed by atoms with E-state index in [0.29, 0.717) is 31.3 Å². The van der Waals surface area contributed by atoms with Crippen molar-refractivity contribution in [2.75, 3.05) is 30.4 Å². The van der Waals surface area contributed by atoms with Gasteiger partial charge in [0.2, 0.25) is 5.91 Å². The van der Waals surface area contributed by atoms with Gasteiger partial charge >= 0.3 is 0 Å². The predicted octanol–water partition coefficient (Wildman–Crippen LogP) is 0.394. The summed E-state index contributed by atoms with van der Waals surface area (Å²) in [6.07, 6.45) is 1.65. The second-order valence-corrected chi connectivity index (χ2v) is 4.89. The normalized spacial score (nSPS) is 19.5. The molecule has 0 aliphatic carbocycles. The molecule has 0 spiro atoms. The van der Waals surface area contributed by atoms with Crippen LogP contribution in [-0.2, 0) is 9.53 Å². The van der Waals surface area contributed by atoms with Gasteiger partial charge < -0.3 is 20.7 Å². The highest BCUT2D eigenvalue weighted by molar-refractivity contribution is 5.85. The zero-order valence-electron chi connectivity index (χ0n) is 11.3. The molecule has 19 heavy (non-hydrogen) atoms. The molecular formula is C13H20N4O2. The van der Waals surface area contributed by atoms with Crippen LogP contribution in [0.2, 0.25) is 0 Å². The van der Waals surface area contributed by atoms with Gasteiger partial charge in [0.15, 0.2) is 0 Å². The lowest BCUT2D eigenvalue weighted by molar-refractivity contribution is -0.125. The van der Waals surface area contributed by atoms with Gasteiger partial charge in [-0.05, 0) is 19.9 Å². The largest absolute Gasteiger partial charge is 0.399 e. The summed E-state index contributed by atoms with van der Waals surface area (Å²) >= 11 is 0. The average molecular weight is 264 g/mol. The molecule has 1 unspecified atom stereocenters. The number of carbonyl (C=O) groups is 1. The third-order valence-corrected chi connectivity index (χ3v) is 2.93. The van der Waals surface area contributed by atoms with Crippen molar-refractivity contribution in [3.8, 4) is 0 Å². The Morgan fingerprint density at radius 3 is 3.11 bits per heavy atom. The maximum atomic E-state index is 12.2. The quantitative estimate of drug-likeness (QED) is 0.825. The summed E-state index contributed by atoms with van der Waals surface area (Å²) in [7, 11) is 0. The number of aromatic nitrogens is 1. The van der Waals surface area contributed by atoms with Crippen LogP contribution in [0.5, 0.6) is 0 Å². The van der Waals surface area contributed by atoms with Crippen molar-refractivity contribution >= 4 is 17.4 Å². The van der Waals surface area contributed by atoms with Crippen molar-refractivity contribution in [2.24, 2.45) is 0 Å². The van der Waals surface area contributed by atoms with Gasteiger partial charge in [-0.25, -0.2) is 4.98 Å². The Hall–Kier alpha value is -1.82. The molecule has 2 rings (SSSR count). The first-order valence-corrected chi connectivity index (χ1v) is 6.44. The van der Waals surface area contributed by atoms with Crippen molar-refractivity contribution in [1.29, 1.82) is 0 Å². The fraction of sp³-hybridized carbons (Fsp3) is 0.538. The van der Waals surface area contributed by atoms with E-state index in [2.05, 4.69) is 10.3 Å². The second kappa shape index (κ2) is 5.88. The third kappa shape index (κ3) is 3.35. The van der Waals surface area contributed by atoms with Crippen LogP contribution in [-0.4, -0.2) is 42.7 Å². The zero-order valence-corrected chi connectivity index (χ0v) is 11.3. The van der Waals surface area contributed by atoms with E-state index in [9.17, 15) is 4.79 Å². The standard InChI is InChI=1S/C13H20N4O2/c1-9(2)16-13(18)11-8-19-6-5-17(11)12-7-10(14)3-4-15-12/h3-4,7,9,11H,5-6,8H2,1-2H3,(H2,14,15)(H,16,18). The molecule has 1 saturated heterocycles. The van der Waals surface area contributed by atoms with E-state index < -0.39 is 0 Å². The highest BCUT2D eigenvalue weighted by Crippen LogP contribution is 2.19. The molecule has 1 fully saturated rings. The van der Waals surface area contributed by atoms with Crippen molar-refractivity contribution in [3.63, 3.8) is 0 Å². The number of nitrogen functional groups attached to an aromatic ring is 1. The van der Waals surface area contributed by atoms with Crippen LogP contribution in [0.1, 0.15) is 13.8 Å². The summed E-state index contributed by atoms with van der Waals surface area (Å²) < 4.78 is 5.41.